The molecule has 1 fully saturated rings. The monoisotopic (exact) mass is 572 g/mol. The van der Waals surface area contributed by atoms with Crippen LogP contribution < -0.4 is 14.2 Å². The quantitative estimate of drug-likeness (QED) is 0.222. The molecule has 0 radical (unpaired) electrons. The first-order valence-corrected chi connectivity index (χ1v) is 14.0. The second kappa shape index (κ2) is 9.94. The van der Waals surface area contributed by atoms with Gasteiger partial charge in [0.25, 0.3) is 0 Å². The summed E-state index contributed by atoms with van der Waals surface area (Å²) in [6, 6.07) is 24.8. The van der Waals surface area contributed by atoms with Crippen molar-refractivity contribution in [1.29, 1.82) is 0 Å². The number of hydrogen-bond acceptors (Lipinski definition) is 8. The third-order valence-electron chi connectivity index (χ3n) is 8.99. The summed E-state index contributed by atoms with van der Waals surface area (Å²) in [5.41, 5.74) is 1.60. The Morgan fingerprint density at radius 2 is 1.42 bits per heavy atom. The van der Waals surface area contributed by atoms with Crippen LogP contribution >= 0.6 is 0 Å². The summed E-state index contributed by atoms with van der Waals surface area (Å²) < 4.78 is 16.5. The second-order valence-electron chi connectivity index (χ2n) is 10.9. The van der Waals surface area contributed by atoms with Crippen molar-refractivity contribution in [2.45, 2.75) is 18.0 Å². The van der Waals surface area contributed by atoms with Crippen LogP contribution in [0.15, 0.2) is 96.1 Å². The van der Waals surface area contributed by atoms with E-state index in [1.54, 1.807) is 85.1 Å². The first kappa shape index (κ1) is 26.6. The summed E-state index contributed by atoms with van der Waals surface area (Å²) in [7, 11) is 4.62. The number of hydrogen-bond donors (Lipinski definition) is 0. The van der Waals surface area contributed by atoms with E-state index in [0.29, 0.717) is 39.5 Å². The standard InChI is InChI=1S/C35H28N2O6/c1-41-23-15-12-20(13-16-23)31(38)30-29(21-14-17-27(42-2)28(18-21)43-3)35(33(39)25-10-6-7-11-26(25)34(35)40)32-24-9-5-4-8-22(24)19-36-37(30)32/h4-19,29-30,32H,1-3H3/t29-,30-,32+/m0/s1. The Balaban J connectivity index is 1.54. The average molecular weight is 573 g/mol. The molecule has 4 aromatic carbocycles. The van der Waals surface area contributed by atoms with Crippen LogP contribution in [0.1, 0.15) is 59.7 Å². The summed E-state index contributed by atoms with van der Waals surface area (Å²) in [5, 5.41) is 6.48. The molecule has 8 heteroatoms. The minimum Gasteiger partial charge on any atom is -0.497 e. The second-order valence-corrected chi connectivity index (χ2v) is 10.9. The molecule has 43 heavy (non-hydrogen) atoms. The lowest BCUT2D eigenvalue weighted by Gasteiger charge is -2.36. The number of carbonyl (C=O) groups excluding carboxylic acids is 3. The fourth-order valence-corrected chi connectivity index (χ4v) is 7.12. The van der Waals surface area contributed by atoms with Gasteiger partial charge in [0.2, 0.25) is 0 Å². The maximum absolute atomic E-state index is 14.9. The van der Waals surface area contributed by atoms with Gasteiger partial charge >= 0.3 is 0 Å². The lowest BCUT2D eigenvalue weighted by atomic mass is 9.63. The highest BCUT2D eigenvalue weighted by atomic mass is 16.5. The van der Waals surface area contributed by atoms with E-state index in [9.17, 15) is 14.4 Å². The number of rotatable bonds is 6. The van der Waals surface area contributed by atoms with Crippen molar-refractivity contribution in [2.75, 3.05) is 21.3 Å². The molecule has 1 spiro atoms. The van der Waals surface area contributed by atoms with Gasteiger partial charge in [-0.25, -0.2) is 0 Å². The highest BCUT2D eigenvalue weighted by Gasteiger charge is 2.72. The molecule has 1 aliphatic carbocycles. The molecular weight excluding hydrogens is 544 g/mol. The maximum atomic E-state index is 14.9. The van der Waals surface area contributed by atoms with Gasteiger partial charge < -0.3 is 14.2 Å². The minimum absolute atomic E-state index is 0.266. The molecule has 2 heterocycles. The van der Waals surface area contributed by atoms with E-state index in [1.165, 1.54) is 14.2 Å². The van der Waals surface area contributed by atoms with E-state index >= 15 is 0 Å². The molecule has 0 amide bonds. The van der Waals surface area contributed by atoms with Crippen molar-refractivity contribution in [3.05, 3.63) is 124 Å². The summed E-state index contributed by atoms with van der Waals surface area (Å²) in [6.45, 7) is 0. The molecule has 4 aromatic rings. The van der Waals surface area contributed by atoms with Gasteiger partial charge in [0.05, 0.1) is 33.6 Å². The molecule has 2 aliphatic heterocycles. The van der Waals surface area contributed by atoms with E-state index < -0.39 is 23.4 Å². The number of Topliss-reactive ketones (excluding diaryl/α,β-unsaturated/α-hetero) is 3. The van der Waals surface area contributed by atoms with Gasteiger partial charge in [0, 0.05) is 22.6 Å². The zero-order chi connectivity index (χ0) is 29.9. The van der Waals surface area contributed by atoms with Crippen LogP contribution in [0.25, 0.3) is 0 Å². The van der Waals surface area contributed by atoms with E-state index in [1.807, 2.05) is 24.3 Å². The van der Waals surface area contributed by atoms with Crippen molar-refractivity contribution in [1.82, 2.24) is 5.01 Å². The smallest absolute Gasteiger partial charge is 0.187 e. The zero-order valence-corrected chi connectivity index (χ0v) is 23.8. The predicted octanol–water partition coefficient (Wildman–Crippen LogP) is 5.52. The molecule has 7 rings (SSSR count). The first-order chi connectivity index (χ1) is 20.9. The van der Waals surface area contributed by atoms with Gasteiger partial charge in [-0.15, -0.1) is 0 Å². The average Bonchev–Trinajstić information content (AvgIpc) is 3.50. The molecule has 3 aliphatic rings. The summed E-state index contributed by atoms with van der Waals surface area (Å²) >= 11 is 0. The van der Waals surface area contributed by atoms with Crippen LogP contribution in [0.4, 0.5) is 0 Å². The van der Waals surface area contributed by atoms with Gasteiger partial charge in [0.15, 0.2) is 28.8 Å². The summed E-state index contributed by atoms with van der Waals surface area (Å²) in [4.78, 5) is 44.4. The van der Waals surface area contributed by atoms with Crippen LogP contribution in [-0.2, 0) is 0 Å². The molecule has 0 N–H and O–H groups in total. The lowest BCUT2D eigenvalue weighted by molar-refractivity contribution is 0.0586. The largest absolute Gasteiger partial charge is 0.497 e. The lowest BCUT2D eigenvalue weighted by Crippen LogP contribution is -2.43. The summed E-state index contributed by atoms with van der Waals surface area (Å²) in [5.74, 6) is -0.297. The Labute approximate surface area is 248 Å². The Morgan fingerprint density at radius 1 is 0.767 bits per heavy atom. The number of ketones is 3. The number of hydrazone groups is 1. The zero-order valence-electron chi connectivity index (χ0n) is 23.8. The predicted molar refractivity (Wildman–Crippen MR) is 160 cm³/mol. The van der Waals surface area contributed by atoms with E-state index in [-0.39, 0.29) is 17.3 Å². The van der Waals surface area contributed by atoms with Crippen LogP contribution in [-0.4, -0.2) is 55.9 Å². The van der Waals surface area contributed by atoms with Crippen molar-refractivity contribution >= 4 is 23.6 Å². The van der Waals surface area contributed by atoms with Crippen LogP contribution in [0.3, 0.4) is 0 Å². The molecule has 0 aromatic heterocycles. The van der Waals surface area contributed by atoms with E-state index in [4.69, 9.17) is 19.3 Å². The maximum Gasteiger partial charge on any atom is 0.187 e. The van der Waals surface area contributed by atoms with Gasteiger partial charge in [-0.1, -0.05) is 54.6 Å². The number of methoxy groups -OCH3 is 3. The normalized spacial score (nSPS) is 20.9. The SMILES string of the molecule is COc1ccc(C(=O)[C@@H]2[C@H](c3ccc(OC)c(OC)c3)C3(C(=O)c4ccccc4C3=O)[C@H]3c4ccccc4C=NN23)cc1. The summed E-state index contributed by atoms with van der Waals surface area (Å²) in [6.07, 6.45) is 1.70. The van der Waals surface area contributed by atoms with Gasteiger partial charge in [-0.2, -0.15) is 5.10 Å². The van der Waals surface area contributed by atoms with Crippen molar-refractivity contribution in [3.8, 4) is 17.2 Å². The third kappa shape index (κ3) is 3.62. The van der Waals surface area contributed by atoms with Crippen LogP contribution in [0.2, 0.25) is 0 Å². The Hall–Kier alpha value is -5.24. The number of fused-ring (bicyclic) bond motifs is 5. The number of benzene rings is 4. The highest BCUT2D eigenvalue weighted by Crippen LogP contribution is 2.65. The molecule has 214 valence electrons. The highest BCUT2D eigenvalue weighted by molar-refractivity contribution is 6.31. The van der Waals surface area contributed by atoms with Crippen molar-refractivity contribution in [2.24, 2.45) is 10.5 Å². The molecule has 0 bridgehead atoms. The van der Waals surface area contributed by atoms with Crippen molar-refractivity contribution in [3.63, 3.8) is 0 Å². The molecule has 8 nitrogen and oxygen atoms in total. The first-order valence-electron chi connectivity index (χ1n) is 14.0. The molecule has 1 saturated heterocycles. The Bertz CT molecular complexity index is 1790. The van der Waals surface area contributed by atoms with Gasteiger partial charge in [-0.3, -0.25) is 19.4 Å². The fourth-order valence-electron chi connectivity index (χ4n) is 7.12. The molecular formula is C35H28N2O6. The van der Waals surface area contributed by atoms with Gasteiger partial charge in [0.1, 0.15) is 17.2 Å². The number of nitrogens with zero attached hydrogens (tertiary/aromatic N) is 2. The van der Waals surface area contributed by atoms with Crippen molar-refractivity contribution < 1.29 is 28.6 Å². The minimum atomic E-state index is -1.68. The fraction of sp³-hybridized carbons (Fsp3) is 0.200. The van der Waals surface area contributed by atoms with E-state index in [2.05, 4.69) is 0 Å². The Morgan fingerprint density at radius 3 is 2.07 bits per heavy atom. The number of carbonyl (C=O) groups is 3. The van der Waals surface area contributed by atoms with Crippen LogP contribution in [0, 0.1) is 5.41 Å². The molecule has 0 unspecified atom stereocenters. The topological polar surface area (TPSA) is 94.5 Å². The van der Waals surface area contributed by atoms with E-state index in [0.717, 1.165) is 11.1 Å². The molecule has 0 saturated carbocycles. The number of ether oxygens (including phenoxy) is 3. The third-order valence-corrected chi connectivity index (χ3v) is 8.99. The van der Waals surface area contributed by atoms with Crippen LogP contribution in [0.5, 0.6) is 17.2 Å². The Kier molecular flexibility index (Phi) is 6.16. The molecule has 3 atom stereocenters. The van der Waals surface area contributed by atoms with Gasteiger partial charge in [-0.05, 0) is 53.1 Å².